The molecule has 1 radical (unpaired) electrons. The van der Waals surface area contributed by atoms with Gasteiger partial charge in [0.25, 0.3) is 0 Å². The van der Waals surface area contributed by atoms with E-state index in [9.17, 15) is 0 Å². The fraction of sp³-hybridized carbons (Fsp3) is 0. The minimum absolute atomic E-state index is 0. The molecule has 0 bridgehead atoms. The third kappa shape index (κ3) is 3.79. The van der Waals surface area contributed by atoms with Crippen LogP contribution in [0.3, 0.4) is 0 Å². The first-order chi connectivity index (χ1) is 9.45. The predicted octanol–water partition coefficient (Wildman–Crippen LogP) is 1.55. The van der Waals surface area contributed by atoms with Gasteiger partial charge in [0.15, 0.2) is 8.80 Å². The van der Waals surface area contributed by atoms with Gasteiger partial charge in [0.2, 0.25) is 0 Å². The van der Waals surface area contributed by atoms with Gasteiger partial charge in [0.05, 0.1) is 0 Å². The van der Waals surface area contributed by atoms with E-state index >= 15 is 0 Å². The summed E-state index contributed by atoms with van der Waals surface area (Å²) in [7, 11) is -0.877. The Kier molecular flexibility index (Phi) is 6.42. The Hall–Kier alpha value is -0.487. The number of hydrogen-bond acceptors (Lipinski definition) is 0. The summed E-state index contributed by atoms with van der Waals surface area (Å²) in [6.45, 7) is 0. The van der Waals surface area contributed by atoms with E-state index in [1.807, 2.05) is 0 Å². The average Bonchev–Trinajstić information content (AvgIpc) is 2.51. The van der Waals surface area contributed by atoms with Crippen molar-refractivity contribution in [2.75, 3.05) is 0 Å². The largest absolute Gasteiger partial charge is 0.154 e. The molecule has 0 atom stereocenters. The molecule has 0 heterocycles. The monoisotopic (exact) mass is 299 g/mol. The molecule has 0 N–H and O–H groups in total. The van der Waals surface area contributed by atoms with E-state index in [-0.39, 0.29) is 51.4 Å². The van der Waals surface area contributed by atoms with Crippen LogP contribution < -0.4 is 15.6 Å². The van der Waals surface area contributed by atoms with E-state index in [0.717, 1.165) is 0 Å². The Labute approximate surface area is 164 Å². The Morgan fingerprint density at radius 3 is 0.900 bits per heavy atom. The first kappa shape index (κ1) is 15.9. The molecule has 0 unspecified atom stereocenters. The third-order valence-electron chi connectivity index (χ3n) is 3.19. The third-order valence-corrected chi connectivity index (χ3v) is 5.92. The molecule has 0 fully saturated rings. The van der Waals surface area contributed by atoms with Crippen molar-refractivity contribution in [3.8, 4) is 0 Å². The summed E-state index contributed by atoms with van der Waals surface area (Å²) in [4.78, 5) is 0. The van der Waals surface area contributed by atoms with E-state index in [2.05, 4.69) is 91.0 Å². The molecule has 3 aromatic carbocycles. The molecular formula is C18H16KSi. The summed E-state index contributed by atoms with van der Waals surface area (Å²) in [5.41, 5.74) is 0. The quantitative estimate of drug-likeness (QED) is 0.508. The molecule has 0 aromatic heterocycles. The van der Waals surface area contributed by atoms with Gasteiger partial charge in [-0.2, -0.15) is 0 Å². The van der Waals surface area contributed by atoms with Crippen LogP contribution in [0, 0.1) is 0 Å². The van der Waals surface area contributed by atoms with Crippen LogP contribution in [0.1, 0.15) is 0 Å². The van der Waals surface area contributed by atoms with Crippen LogP contribution in [0.15, 0.2) is 91.0 Å². The van der Waals surface area contributed by atoms with E-state index in [1.165, 1.54) is 15.6 Å². The maximum absolute atomic E-state index is 2.24. The second-order valence-electron chi connectivity index (χ2n) is 4.47. The van der Waals surface area contributed by atoms with Crippen LogP contribution in [0.5, 0.6) is 0 Å². The Morgan fingerprint density at radius 2 is 0.650 bits per heavy atom. The minimum atomic E-state index is -0.877. The second-order valence-corrected chi connectivity index (χ2v) is 6.96. The van der Waals surface area contributed by atoms with Crippen molar-refractivity contribution in [2.24, 2.45) is 0 Å². The van der Waals surface area contributed by atoms with Crippen LogP contribution in [0.2, 0.25) is 0 Å². The van der Waals surface area contributed by atoms with Crippen molar-refractivity contribution in [1.29, 1.82) is 0 Å². The van der Waals surface area contributed by atoms with Crippen molar-refractivity contribution < 1.29 is 0 Å². The smallest absolute Gasteiger partial charge is 0.0624 e. The van der Waals surface area contributed by atoms with Gasteiger partial charge in [-0.15, -0.1) is 0 Å². The summed E-state index contributed by atoms with van der Waals surface area (Å²) < 4.78 is 0. The maximum Gasteiger partial charge on any atom is 0.154 e. The molecule has 0 amide bonds. The summed E-state index contributed by atoms with van der Waals surface area (Å²) in [6, 6.07) is 32.5. The molecule has 2 heteroatoms. The van der Waals surface area contributed by atoms with Crippen LogP contribution in [-0.4, -0.2) is 60.2 Å². The van der Waals surface area contributed by atoms with Crippen molar-refractivity contribution in [3.63, 3.8) is 0 Å². The SMILES string of the molecule is [KH].c1ccc([Si](c2ccccc2)c2ccccc2)cc1. The van der Waals surface area contributed by atoms with Gasteiger partial charge < -0.3 is 0 Å². The minimum Gasteiger partial charge on any atom is -0.0624 e. The van der Waals surface area contributed by atoms with E-state index < -0.39 is 8.80 Å². The van der Waals surface area contributed by atoms with Gasteiger partial charge in [-0.1, -0.05) is 107 Å². The van der Waals surface area contributed by atoms with Crippen molar-refractivity contribution in [1.82, 2.24) is 0 Å². The fourth-order valence-electron chi connectivity index (χ4n) is 2.31. The van der Waals surface area contributed by atoms with E-state index in [4.69, 9.17) is 0 Å². The standard InChI is InChI=1S/C18H15Si.K.H/c1-4-10-16(11-5-1)19(17-12-6-2-7-13-17)18-14-8-3-9-15-18;;/h1-15H;;. The molecule has 3 aromatic rings. The van der Waals surface area contributed by atoms with E-state index in [1.54, 1.807) is 0 Å². The van der Waals surface area contributed by atoms with Crippen molar-refractivity contribution >= 4 is 75.7 Å². The Morgan fingerprint density at radius 1 is 0.400 bits per heavy atom. The molecule has 0 nitrogen and oxygen atoms in total. The maximum atomic E-state index is 2.24. The summed E-state index contributed by atoms with van der Waals surface area (Å²) in [5, 5.41) is 4.31. The van der Waals surface area contributed by atoms with Gasteiger partial charge in [-0.05, 0) is 0 Å². The zero-order chi connectivity index (χ0) is 12.9. The Bertz CT molecular complexity index is 529. The summed E-state index contributed by atoms with van der Waals surface area (Å²) >= 11 is 0. The van der Waals surface area contributed by atoms with Crippen LogP contribution >= 0.6 is 0 Å². The fourth-order valence-corrected chi connectivity index (χ4v) is 4.89. The first-order valence-electron chi connectivity index (χ1n) is 6.48. The molecule has 0 saturated carbocycles. The molecule has 0 aliphatic carbocycles. The number of rotatable bonds is 3. The topological polar surface area (TPSA) is 0 Å². The van der Waals surface area contributed by atoms with Gasteiger partial charge in [0, 0.05) is 0 Å². The zero-order valence-electron chi connectivity index (χ0n) is 10.7. The van der Waals surface area contributed by atoms with Crippen molar-refractivity contribution in [2.45, 2.75) is 0 Å². The Balaban J connectivity index is 0.00000147. The molecule has 0 saturated heterocycles. The van der Waals surface area contributed by atoms with Gasteiger partial charge in [0.1, 0.15) is 0 Å². The average molecular weight is 300 g/mol. The predicted molar refractivity (Wildman–Crippen MR) is 91.1 cm³/mol. The normalized spacial score (nSPS) is 10.1. The van der Waals surface area contributed by atoms with Crippen LogP contribution in [0.4, 0.5) is 0 Å². The van der Waals surface area contributed by atoms with Crippen LogP contribution in [-0.2, 0) is 0 Å². The molecule has 0 aliphatic rings. The molecule has 20 heavy (non-hydrogen) atoms. The summed E-state index contributed by atoms with van der Waals surface area (Å²) in [6.07, 6.45) is 0. The molecule has 3 rings (SSSR count). The summed E-state index contributed by atoms with van der Waals surface area (Å²) in [5.74, 6) is 0. The number of benzene rings is 3. The zero-order valence-corrected chi connectivity index (χ0v) is 11.7. The van der Waals surface area contributed by atoms with Gasteiger partial charge >= 0.3 is 51.4 Å². The van der Waals surface area contributed by atoms with Crippen molar-refractivity contribution in [3.05, 3.63) is 91.0 Å². The van der Waals surface area contributed by atoms with E-state index in [0.29, 0.717) is 0 Å². The van der Waals surface area contributed by atoms with Gasteiger partial charge in [-0.25, -0.2) is 0 Å². The molecular weight excluding hydrogens is 283 g/mol. The molecule has 0 aliphatic heterocycles. The number of hydrogen-bond donors (Lipinski definition) is 0. The second kappa shape index (κ2) is 8.08. The van der Waals surface area contributed by atoms with Crippen LogP contribution in [0.25, 0.3) is 0 Å². The molecule has 93 valence electrons. The van der Waals surface area contributed by atoms with Gasteiger partial charge in [-0.3, -0.25) is 0 Å². The first-order valence-corrected chi connectivity index (χ1v) is 7.98. The molecule has 0 spiro atoms.